The van der Waals surface area contributed by atoms with Crippen LogP contribution in [0.2, 0.25) is 0 Å². The van der Waals surface area contributed by atoms with Crippen molar-refractivity contribution in [3.05, 3.63) is 32.7 Å². The zero-order chi connectivity index (χ0) is 19.1. The molecule has 0 aliphatic carbocycles. The first-order valence-electron chi connectivity index (χ1n) is 9.57. The smallest absolute Gasteiger partial charge is 0.266 e. The first-order valence-corrected chi connectivity index (χ1v) is 9.57. The van der Waals surface area contributed by atoms with Gasteiger partial charge in [0, 0.05) is 31.2 Å². The molecule has 2 heterocycles. The number of amides is 1. The Bertz CT molecular complexity index is 733. The predicted molar refractivity (Wildman–Crippen MR) is 102 cm³/mol. The third-order valence-electron chi connectivity index (χ3n) is 5.41. The van der Waals surface area contributed by atoms with Gasteiger partial charge >= 0.3 is 0 Å². The number of hydrogen-bond acceptors (Lipinski definition) is 4. The molecule has 1 atom stereocenters. The zero-order valence-corrected chi connectivity index (χ0v) is 16.2. The second-order valence-corrected chi connectivity index (χ2v) is 7.25. The molecular weight excluding hydrogens is 328 g/mol. The Morgan fingerprint density at radius 1 is 1.38 bits per heavy atom. The molecule has 2 rings (SSSR count). The van der Waals surface area contributed by atoms with Crippen LogP contribution in [0.4, 0.5) is 0 Å². The van der Waals surface area contributed by atoms with E-state index in [4.69, 9.17) is 5.26 Å². The number of pyridine rings is 1. The molecule has 0 saturated carbocycles. The van der Waals surface area contributed by atoms with E-state index in [2.05, 4.69) is 22.1 Å². The molecule has 1 aliphatic heterocycles. The Morgan fingerprint density at radius 2 is 2.15 bits per heavy atom. The lowest BCUT2D eigenvalue weighted by Crippen LogP contribution is -2.39. The lowest BCUT2D eigenvalue weighted by atomic mass is 9.99. The third kappa shape index (κ3) is 5.18. The number of nitriles is 1. The highest BCUT2D eigenvalue weighted by atomic mass is 16.1. The number of nitrogens with zero attached hydrogens (tertiary/aromatic N) is 2. The Morgan fingerprint density at radius 3 is 2.85 bits per heavy atom. The number of carbonyl (C=O) groups is 1. The van der Waals surface area contributed by atoms with Crippen LogP contribution in [-0.4, -0.2) is 41.5 Å². The van der Waals surface area contributed by atoms with Crippen molar-refractivity contribution in [3.63, 3.8) is 0 Å². The van der Waals surface area contributed by atoms with Crippen molar-refractivity contribution in [2.75, 3.05) is 19.6 Å². The number of H-pyrrole nitrogens is 1. The van der Waals surface area contributed by atoms with Crippen LogP contribution >= 0.6 is 0 Å². The number of aryl methyl sites for hydroxylation is 1. The highest BCUT2D eigenvalue weighted by molar-refractivity contribution is 5.76. The van der Waals surface area contributed by atoms with Crippen LogP contribution in [-0.2, 0) is 11.2 Å². The van der Waals surface area contributed by atoms with Gasteiger partial charge in [0.15, 0.2) is 0 Å². The maximum Gasteiger partial charge on any atom is 0.266 e. The van der Waals surface area contributed by atoms with Crippen molar-refractivity contribution >= 4 is 5.91 Å². The highest BCUT2D eigenvalue weighted by Gasteiger charge is 2.17. The van der Waals surface area contributed by atoms with Crippen molar-refractivity contribution < 1.29 is 4.79 Å². The molecule has 0 bridgehead atoms. The summed E-state index contributed by atoms with van der Waals surface area (Å²) in [7, 11) is 0. The van der Waals surface area contributed by atoms with Crippen LogP contribution < -0.4 is 10.9 Å². The molecule has 0 spiro atoms. The van der Waals surface area contributed by atoms with Gasteiger partial charge in [0.2, 0.25) is 5.91 Å². The predicted octanol–water partition coefficient (Wildman–Crippen LogP) is 2.18. The van der Waals surface area contributed by atoms with E-state index in [1.165, 1.54) is 25.8 Å². The number of hydrogen-bond donors (Lipinski definition) is 2. The number of piperidine rings is 1. The summed E-state index contributed by atoms with van der Waals surface area (Å²) in [6, 6.07) is 2.60. The fourth-order valence-electron chi connectivity index (χ4n) is 3.75. The molecule has 0 radical (unpaired) electrons. The molecule has 1 aliphatic rings. The normalized spacial score (nSPS) is 17.7. The summed E-state index contributed by atoms with van der Waals surface area (Å²) in [4.78, 5) is 29.1. The SMILES string of the molecule is Cc1[nH]c(=O)c(C#N)c(C)c1CCC(=O)NCCCN1CCCCC1C. The van der Waals surface area contributed by atoms with E-state index in [1.807, 2.05) is 13.0 Å². The van der Waals surface area contributed by atoms with Gasteiger partial charge < -0.3 is 15.2 Å². The minimum absolute atomic E-state index is 0.0141. The van der Waals surface area contributed by atoms with Crippen LogP contribution in [0.25, 0.3) is 0 Å². The Hall–Kier alpha value is -2.13. The van der Waals surface area contributed by atoms with Crippen LogP contribution in [0.5, 0.6) is 0 Å². The summed E-state index contributed by atoms with van der Waals surface area (Å²) >= 11 is 0. The summed E-state index contributed by atoms with van der Waals surface area (Å²) < 4.78 is 0. The maximum absolute atomic E-state index is 12.1. The van der Waals surface area contributed by atoms with Gasteiger partial charge in [0.05, 0.1) is 0 Å². The molecule has 2 N–H and O–H groups in total. The zero-order valence-electron chi connectivity index (χ0n) is 16.2. The Kier molecular flexibility index (Phi) is 7.40. The van der Waals surface area contributed by atoms with Crippen LogP contribution in [0, 0.1) is 25.2 Å². The minimum atomic E-state index is -0.359. The molecule has 6 nitrogen and oxygen atoms in total. The van der Waals surface area contributed by atoms with E-state index >= 15 is 0 Å². The van der Waals surface area contributed by atoms with E-state index in [0.717, 1.165) is 24.2 Å². The second-order valence-electron chi connectivity index (χ2n) is 7.25. The van der Waals surface area contributed by atoms with Gasteiger partial charge in [-0.25, -0.2) is 0 Å². The van der Waals surface area contributed by atoms with E-state index in [0.29, 0.717) is 31.0 Å². The average molecular weight is 358 g/mol. The molecule has 142 valence electrons. The monoisotopic (exact) mass is 358 g/mol. The molecule has 1 amide bonds. The van der Waals surface area contributed by atoms with Crippen molar-refractivity contribution in [1.82, 2.24) is 15.2 Å². The number of likely N-dealkylation sites (tertiary alicyclic amines) is 1. The summed E-state index contributed by atoms with van der Waals surface area (Å²) in [6.07, 6.45) is 5.72. The number of aromatic amines is 1. The molecule has 1 aromatic rings. The fourth-order valence-corrected chi connectivity index (χ4v) is 3.75. The van der Waals surface area contributed by atoms with Crippen molar-refractivity contribution in [1.29, 1.82) is 5.26 Å². The molecule has 6 heteroatoms. The largest absolute Gasteiger partial charge is 0.356 e. The minimum Gasteiger partial charge on any atom is -0.356 e. The Balaban J connectivity index is 1.77. The molecule has 1 fully saturated rings. The van der Waals surface area contributed by atoms with Crippen molar-refractivity contribution in [2.45, 2.75) is 65.3 Å². The van der Waals surface area contributed by atoms with Gasteiger partial charge in [0.1, 0.15) is 11.6 Å². The topological polar surface area (TPSA) is 89.0 Å². The van der Waals surface area contributed by atoms with Gasteiger partial charge in [-0.3, -0.25) is 9.59 Å². The molecule has 26 heavy (non-hydrogen) atoms. The van der Waals surface area contributed by atoms with Gasteiger partial charge in [-0.2, -0.15) is 5.26 Å². The quantitative estimate of drug-likeness (QED) is 0.731. The van der Waals surface area contributed by atoms with Crippen molar-refractivity contribution in [3.8, 4) is 6.07 Å². The van der Waals surface area contributed by atoms with E-state index in [-0.39, 0.29) is 17.0 Å². The first kappa shape index (κ1) is 20.2. The summed E-state index contributed by atoms with van der Waals surface area (Å²) in [6.45, 7) is 8.75. The number of aromatic nitrogens is 1. The summed E-state index contributed by atoms with van der Waals surface area (Å²) in [5.74, 6) is 0.0141. The molecule has 1 saturated heterocycles. The Labute approximate surface area is 155 Å². The third-order valence-corrected chi connectivity index (χ3v) is 5.41. The molecule has 0 aromatic carbocycles. The van der Waals surface area contributed by atoms with E-state index < -0.39 is 0 Å². The fraction of sp³-hybridized carbons (Fsp3) is 0.650. The van der Waals surface area contributed by atoms with Crippen LogP contribution in [0.1, 0.15) is 61.4 Å². The average Bonchev–Trinajstić information content (AvgIpc) is 2.60. The summed E-state index contributed by atoms with van der Waals surface area (Å²) in [5.41, 5.74) is 2.08. The highest BCUT2D eigenvalue weighted by Crippen LogP contribution is 2.16. The number of carbonyl (C=O) groups excluding carboxylic acids is 1. The lowest BCUT2D eigenvalue weighted by molar-refractivity contribution is -0.121. The van der Waals surface area contributed by atoms with E-state index in [1.54, 1.807) is 6.92 Å². The van der Waals surface area contributed by atoms with Gasteiger partial charge in [-0.15, -0.1) is 0 Å². The first-order chi connectivity index (χ1) is 12.4. The van der Waals surface area contributed by atoms with Gasteiger partial charge in [-0.05, 0) is 64.1 Å². The van der Waals surface area contributed by atoms with Gasteiger partial charge in [-0.1, -0.05) is 6.42 Å². The van der Waals surface area contributed by atoms with Crippen LogP contribution in [0.15, 0.2) is 4.79 Å². The molecule has 1 aromatic heterocycles. The standard InChI is InChI=1S/C20H30N4O2/c1-14-7-4-5-11-24(14)12-6-10-22-19(25)9-8-17-15(2)18(13-21)20(26)23-16(17)3/h14H,4-12H2,1-3H3,(H,22,25)(H,23,26). The molecular formula is C20H30N4O2. The van der Waals surface area contributed by atoms with Crippen LogP contribution in [0.3, 0.4) is 0 Å². The molecule has 1 unspecified atom stereocenters. The van der Waals surface area contributed by atoms with E-state index in [9.17, 15) is 9.59 Å². The number of rotatable bonds is 7. The van der Waals surface area contributed by atoms with Crippen molar-refractivity contribution in [2.24, 2.45) is 0 Å². The second kappa shape index (κ2) is 9.54. The summed E-state index contributed by atoms with van der Waals surface area (Å²) in [5, 5.41) is 12.1. The van der Waals surface area contributed by atoms with Gasteiger partial charge in [0.25, 0.3) is 5.56 Å². The number of nitrogens with one attached hydrogen (secondary N) is 2. The lowest BCUT2D eigenvalue weighted by Gasteiger charge is -2.33. The maximum atomic E-state index is 12.1.